The molecule has 0 amide bonds. The predicted molar refractivity (Wildman–Crippen MR) is 277 cm³/mol. The van der Waals surface area contributed by atoms with Crippen LogP contribution in [-0.2, 0) is 76.0 Å². The highest BCUT2D eigenvalue weighted by Gasteiger charge is 2.66. The van der Waals surface area contributed by atoms with Crippen LogP contribution in [0.5, 0.6) is 0 Å². The Bertz CT molecular complexity index is 2440. The number of aliphatic hydroxyl groups is 25. The number of ether oxygens (including phenoxy) is 13. The molecule has 94 heavy (non-hydrogen) atoms. The highest BCUT2D eigenvalue weighted by atomic mass is 16.8. The number of carboxylic acid groups (broad SMARTS) is 3. The average Bonchev–Trinajstić information content (AvgIpc) is 0.751. The third kappa shape index (κ3) is 15.7. The Balaban J connectivity index is 1.37. The molecule has 0 spiro atoms. The largest absolute Gasteiger partial charge is 0.477 e. The number of hydrogen-bond acceptors (Lipinski definition) is 41. The van der Waals surface area contributed by atoms with E-state index in [-0.39, 0.29) is 0 Å². The van der Waals surface area contributed by atoms with Crippen molar-refractivity contribution in [1.29, 1.82) is 0 Å². The second kappa shape index (κ2) is 32.0. The summed E-state index contributed by atoms with van der Waals surface area (Å²) in [6, 6.07) is 0. The Morgan fingerprint density at radius 1 is 0.362 bits per heavy atom. The van der Waals surface area contributed by atoms with Gasteiger partial charge in [-0.1, -0.05) is 0 Å². The summed E-state index contributed by atoms with van der Waals surface area (Å²) < 4.78 is 74.5. The van der Waals surface area contributed by atoms with E-state index in [1.807, 2.05) is 0 Å². The average molecular weight is 1390 g/mol. The first-order chi connectivity index (χ1) is 44.1. The molecule has 7 heterocycles. The molecule has 0 aromatic carbocycles. The molecule has 0 saturated carbocycles. The summed E-state index contributed by atoms with van der Waals surface area (Å²) in [5.41, 5.74) is 0. The van der Waals surface area contributed by atoms with Crippen LogP contribution >= 0.6 is 0 Å². The summed E-state index contributed by atoms with van der Waals surface area (Å²) in [7, 11) is 0. The summed E-state index contributed by atoms with van der Waals surface area (Å²) >= 11 is 0. The molecular weight excluding hydrogens is 1300 g/mol. The van der Waals surface area contributed by atoms with E-state index >= 15 is 0 Å². The van der Waals surface area contributed by atoms with Crippen molar-refractivity contribution in [2.24, 2.45) is 0 Å². The van der Waals surface area contributed by atoms with Gasteiger partial charge in [0, 0.05) is 19.3 Å². The van der Waals surface area contributed by atoms with E-state index in [0.717, 1.165) is 0 Å². The van der Waals surface area contributed by atoms with Gasteiger partial charge >= 0.3 is 17.9 Å². The highest BCUT2D eigenvalue weighted by Crippen LogP contribution is 2.45. The Morgan fingerprint density at radius 3 is 1.24 bits per heavy atom. The van der Waals surface area contributed by atoms with Gasteiger partial charge in [0.25, 0.3) is 17.4 Å². The molecule has 7 aliphatic rings. The predicted octanol–water partition coefficient (Wildman–Crippen LogP) is -18.0. The summed E-state index contributed by atoms with van der Waals surface area (Å²) in [4.78, 5) is 39.9. The van der Waals surface area contributed by atoms with Crippen molar-refractivity contribution >= 4 is 17.9 Å². The van der Waals surface area contributed by atoms with Crippen molar-refractivity contribution in [3.05, 3.63) is 0 Å². The van der Waals surface area contributed by atoms with Gasteiger partial charge in [-0.2, -0.15) is 0 Å². The van der Waals surface area contributed by atoms with Gasteiger partial charge in [-0.25, -0.2) is 14.4 Å². The maximum absolute atomic E-state index is 13.9. The molecule has 7 saturated heterocycles. The SMILES string of the molecule is O=C(O)[C@@]1(O[C@@H]2C[C@](O[C@@H]3C[C@](O)(C(=O)O)O[C@H]([C@H](O)CO)[C@@H]3O[C@H]3O[C@H]([C@H](O)CO)[C@@H](O[C@H]4O[C@H](CO)[C@@H](O)[C@H](O)[C@@H]4O)[C@H](O[C@H]4O[C@H]([C@H](O)CO)[C@@H](O)[C@H](O)[C@@H]4O[C@H]4O[C@H](CO)[C@@H](O)[C@H](O)[C@@H]4O)[C@@H]3O)(C(=O)O)O[C@H]([C@H](O)CO)[C@@H]2O)C[C@@H](O)[C@@H](O)[C@@H]([C@H](O)CO)O1. The second-order valence-corrected chi connectivity index (χ2v) is 23.4. The number of aliphatic hydroxyl groups excluding tert-OH is 24. The highest BCUT2D eigenvalue weighted by molar-refractivity contribution is 5.77. The minimum absolute atomic E-state index is 1.09. The van der Waals surface area contributed by atoms with E-state index < -0.39 is 309 Å². The van der Waals surface area contributed by atoms with Crippen molar-refractivity contribution < 1.29 is 219 Å². The molecule has 7 fully saturated rings. The van der Waals surface area contributed by atoms with E-state index in [0.29, 0.717) is 0 Å². The molecule has 7 aliphatic heterocycles. The third-order valence-corrected chi connectivity index (χ3v) is 17.0. The van der Waals surface area contributed by atoms with Gasteiger partial charge in [-0.05, 0) is 0 Å². The number of hydrogen-bond donors (Lipinski definition) is 28. The van der Waals surface area contributed by atoms with Crippen LogP contribution in [0.3, 0.4) is 0 Å². The minimum atomic E-state index is -3.77. The zero-order chi connectivity index (χ0) is 70.1. The van der Waals surface area contributed by atoms with Crippen molar-refractivity contribution in [2.75, 3.05) is 46.2 Å². The lowest BCUT2D eigenvalue weighted by molar-refractivity contribution is -0.420. The number of rotatable bonds is 27. The minimum Gasteiger partial charge on any atom is -0.477 e. The smallest absolute Gasteiger partial charge is 0.364 e. The van der Waals surface area contributed by atoms with Crippen LogP contribution in [-0.4, -0.2) is 433 Å². The summed E-state index contributed by atoms with van der Waals surface area (Å²) in [5, 5.41) is 303. The Morgan fingerprint density at radius 2 is 0.766 bits per heavy atom. The zero-order valence-corrected chi connectivity index (χ0v) is 48.8. The molecule has 37 atom stereocenters. The fourth-order valence-corrected chi connectivity index (χ4v) is 11.8. The van der Waals surface area contributed by atoms with Crippen LogP contribution in [0, 0.1) is 0 Å². The van der Waals surface area contributed by atoms with Gasteiger partial charge in [0.1, 0.15) is 165 Å². The van der Waals surface area contributed by atoms with Crippen LogP contribution in [0.2, 0.25) is 0 Å². The fourth-order valence-electron chi connectivity index (χ4n) is 11.8. The molecule has 0 aliphatic carbocycles. The van der Waals surface area contributed by atoms with E-state index in [4.69, 9.17) is 61.6 Å². The lowest BCUT2D eigenvalue weighted by Crippen LogP contribution is -2.71. The normalized spacial score (nSPS) is 48.0. The number of aliphatic carboxylic acids is 3. The Hall–Kier alpha value is -3.11. The van der Waals surface area contributed by atoms with E-state index in [1.54, 1.807) is 0 Å². The molecule has 546 valence electrons. The van der Waals surface area contributed by atoms with Crippen LogP contribution in [0.4, 0.5) is 0 Å². The molecule has 7 rings (SSSR count). The van der Waals surface area contributed by atoms with Crippen LogP contribution in [0.15, 0.2) is 0 Å². The Labute approximate surface area is 527 Å². The lowest BCUT2D eigenvalue weighted by Gasteiger charge is -2.53. The van der Waals surface area contributed by atoms with Crippen molar-refractivity contribution in [1.82, 2.24) is 0 Å². The first kappa shape index (κ1) is 78.2. The van der Waals surface area contributed by atoms with Gasteiger partial charge < -0.3 is 205 Å². The van der Waals surface area contributed by atoms with Crippen LogP contribution < -0.4 is 0 Å². The van der Waals surface area contributed by atoms with E-state index in [1.165, 1.54) is 0 Å². The third-order valence-electron chi connectivity index (χ3n) is 17.0. The molecule has 0 unspecified atom stereocenters. The molecule has 0 aromatic rings. The van der Waals surface area contributed by atoms with Gasteiger partial charge in [0.05, 0.1) is 64.6 Å². The molecule has 0 aromatic heterocycles. The van der Waals surface area contributed by atoms with Crippen molar-refractivity contribution in [3.63, 3.8) is 0 Å². The summed E-state index contributed by atoms with van der Waals surface area (Å²) in [5.74, 6) is -18.1. The first-order valence-corrected chi connectivity index (χ1v) is 29.0. The summed E-state index contributed by atoms with van der Waals surface area (Å²) in [6.07, 6.45) is -86.7. The Kier molecular flexibility index (Phi) is 26.7. The standard InChI is InChI=1S/C50H82O44/c51-4-12(59)32-27(70)28(71)39(88-41-29(72)25(68)22(65)19(9-56)82-41)44(84-32)87-38-31(74)43(85-35(15(62)7-54)40(38)89-42-30(73)26(69)23(66)20(10-57)83-42)86-37-18(2-48(81,45(75)76)92-36(37)16(63)8-55)91-50(47(79)80)3-17(24(67)34(94-50)14(61)6-53)90-49(46(77)78)1-11(58)21(64)33(93-49)13(60)5-52/h11-44,51-74,81H,1-10H2,(H,75,76)(H,77,78)(H,79,80)/t11-,12-,13-,14-,15-,16-,17-,18-,19-,20-,21-,22-,23-,24-,25+,26+,27+,28+,29+,30+,31+,32-,33-,34-,35-,36-,37-,38-,39+,40-,41-,42-,43-,44-,48-,49-,50-/m1/s1. The van der Waals surface area contributed by atoms with Gasteiger partial charge in [0.15, 0.2) is 25.2 Å². The maximum atomic E-state index is 13.9. The van der Waals surface area contributed by atoms with Crippen LogP contribution in [0.25, 0.3) is 0 Å². The van der Waals surface area contributed by atoms with Crippen molar-refractivity contribution in [3.8, 4) is 0 Å². The molecular formula is C50H82O44. The fraction of sp³-hybridized carbons (Fsp3) is 0.940. The van der Waals surface area contributed by atoms with E-state index in [2.05, 4.69) is 0 Å². The first-order valence-electron chi connectivity index (χ1n) is 29.0. The molecule has 44 nitrogen and oxygen atoms in total. The van der Waals surface area contributed by atoms with E-state index in [9.17, 15) is 157 Å². The molecule has 28 N–H and O–H groups in total. The van der Waals surface area contributed by atoms with Crippen LogP contribution in [0.1, 0.15) is 19.3 Å². The van der Waals surface area contributed by atoms with Crippen molar-refractivity contribution in [2.45, 2.75) is 245 Å². The van der Waals surface area contributed by atoms with Gasteiger partial charge in [0.2, 0.25) is 0 Å². The quantitative estimate of drug-likeness (QED) is 0.0363. The summed E-state index contributed by atoms with van der Waals surface area (Å²) in [6.45, 7) is -9.31. The molecule has 44 heteroatoms. The maximum Gasteiger partial charge on any atom is 0.364 e. The van der Waals surface area contributed by atoms with Gasteiger partial charge in [-0.15, -0.1) is 0 Å². The topological polar surface area (TPSA) is 738 Å². The van der Waals surface area contributed by atoms with Gasteiger partial charge in [-0.3, -0.25) is 0 Å². The molecule has 0 bridgehead atoms. The number of carboxylic acids is 3. The lowest BCUT2D eigenvalue weighted by atomic mass is 9.88. The zero-order valence-electron chi connectivity index (χ0n) is 48.8. The molecule has 0 radical (unpaired) electrons. The monoisotopic (exact) mass is 1390 g/mol. The number of carbonyl (C=O) groups is 3. The second-order valence-electron chi connectivity index (χ2n) is 23.4.